The van der Waals surface area contributed by atoms with Crippen LogP contribution in [-0.4, -0.2) is 19.3 Å². The van der Waals surface area contributed by atoms with Crippen molar-refractivity contribution in [2.24, 2.45) is 0 Å². The first kappa shape index (κ1) is 18.5. The molecule has 2 heterocycles. The van der Waals surface area contributed by atoms with E-state index in [1.165, 1.54) is 0 Å². The number of aryl methyl sites for hydroxylation is 1. The molecule has 0 aliphatic carbocycles. The Labute approximate surface area is 181 Å². The molecule has 0 spiro atoms. The molecule has 5 rings (SSSR count). The third kappa shape index (κ3) is 3.15. The third-order valence-corrected chi connectivity index (χ3v) is 5.56. The molecule has 0 saturated carbocycles. The van der Waals surface area contributed by atoms with Gasteiger partial charge in [-0.15, -0.1) is 5.10 Å². The fraction of sp³-hybridized carbons (Fsp3) is 0.0417. The lowest BCUT2D eigenvalue weighted by Crippen LogP contribution is -2.22. The lowest BCUT2D eigenvalue weighted by Gasteiger charge is -2.14. The van der Waals surface area contributed by atoms with Crippen LogP contribution in [0.4, 0.5) is 0 Å². The smallest absolute Gasteiger partial charge is 0.268 e. The predicted octanol–water partition coefficient (Wildman–Crippen LogP) is 5.31. The van der Waals surface area contributed by atoms with Gasteiger partial charge in [0.1, 0.15) is 11.2 Å². The number of hydrogen-bond acceptors (Lipinski definition) is 3. The molecule has 30 heavy (non-hydrogen) atoms. The van der Waals surface area contributed by atoms with Gasteiger partial charge in [0.2, 0.25) is 0 Å². The van der Waals surface area contributed by atoms with Gasteiger partial charge in [-0.2, -0.15) is 0 Å². The van der Waals surface area contributed by atoms with Crippen molar-refractivity contribution < 1.29 is 0 Å². The van der Waals surface area contributed by atoms with Crippen molar-refractivity contribution in [3.63, 3.8) is 0 Å². The van der Waals surface area contributed by atoms with Crippen molar-refractivity contribution in [1.29, 1.82) is 0 Å². The molecule has 146 valence electrons. The van der Waals surface area contributed by atoms with Crippen molar-refractivity contribution in [3.05, 3.63) is 105 Å². The molecule has 0 radical (unpaired) electrons. The Balaban J connectivity index is 1.84. The first-order valence-electron chi connectivity index (χ1n) is 9.51. The summed E-state index contributed by atoms with van der Waals surface area (Å²) in [6.45, 7) is 1.99. The van der Waals surface area contributed by atoms with E-state index >= 15 is 0 Å². The van der Waals surface area contributed by atoms with Gasteiger partial charge in [-0.05, 0) is 42.8 Å². The number of hydrogen-bond donors (Lipinski definition) is 0. The van der Waals surface area contributed by atoms with E-state index in [1.54, 1.807) is 15.4 Å². The Kier molecular flexibility index (Phi) is 4.56. The van der Waals surface area contributed by atoms with Crippen molar-refractivity contribution >= 4 is 27.0 Å². The molecule has 0 aliphatic heterocycles. The molecular formula is C24H17BrN4O. The maximum Gasteiger partial charge on any atom is 0.269 e. The Morgan fingerprint density at radius 2 is 1.57 bits per heavy atom. The molecule has 3 aromatic carbocycles. The number of fused-ring (bicyclic) bond motifs is 1. The highest BCUT2D eigenvalue weighted by molar-refractivity contribution is 9.10. The van der Waals surface area contributed by atoms with E-state index in [0.29, 0.717) is 16.9 Å². The first-order valence-corrected chi connectivity index (χ1v) is 10.3. The lowest BCUT2D eigenvalue weighted by atomic mass is 10.1. The van der Waals surface area contributed by atoms with Crippen LogP contribution in [0.15, 0.2) is 94.3 Å². The summed E-state index contributed by atoms with van der Waals surface area (Å²) in [5, 5.41) is 5.06. The minimum atomic E-state index is -0.144. The zero-order chi connectivity index (χ0) is 20.7. The number of aromatic nitrogens is 4. The van der Waals surface area contributed by atoms with Gasteiger partial charge in [0, 0.05) is 16.2 Å². The summed E-state index contributed by atoms with van der Waals surface area (Å²) >= 11 is 3.47. The Hall–Kier alpha value is -3.51. The van der Waals surface area contributed by atoms with Crippen LogP contribution in [0.3, 0.4) is 0 Å². The van der Waals surface area contributed by atoms with Gasteiger partial charge in [-0.1, -0.05) is 64.5 Å². The molecule has 0 atom stereocenters. The van der Waals surface area contributed by atoms with Gasteiger partial charge >= 0.3 is 0 Å². The van der Waals surface area contributed by atoms with Gasteiger partial charge in [0.15, 0.2) is 5.65 Å². The highest BCUT2D eigenvalue weighted by Crippen LogP contribution is 2.25. The second kappa shape index (κ2) is 7.39. The summed E-state index contributed by atoms with van der Waals surface area (Å²) < 4.78 is 4.34. The normalized spacial score (nSPS) is 11.1. The van der Waals surface area contributed by atoms with E-state index in [9.17, 15) is 4.79 Å². The predicted molar refractivity (Wildman–Crippen MR) is 122 cm³/mol. The SMILES string of the molecule is Cc1ccccc1-n1c(-c2ccc(Br)cc2)nc2nn(-c3ccccc3)cc2c1=O. The fourth-order valence-electron chi connectivity index (χ4n) is 3.51. The van der Waals surface area contributed by atoms with Crippen LogP contribution in [-0.2, 0) is 0 Å². The topological polar surface area (TPSA) is 52.7 Å². The van der Waals surface area contributed by atoms with Crippen LogP contribution in [0.2, 0.25) is 0 Å². The van der Waals surface area contributed by atoms with E-state index in [4.69, 9.17) is 4.98 Å². The Morgan fingerprint density at radius 3 is 2.30 bits per heavy atom. The minimum absolute atomic E-state index is 0.144. The van der Waals surface area contributed by atoms with Crippen LogP contribution in [0.25, 0.3) is 33.8 Å². The van der Waals surface area contributed by atoms with Gasteiger partial charge in [-0.25, -0.2) is 9.67 Å². The minimum Gasteiger partial charge on any atom is -0.268 e. The zero-order valence-corrected chi connectivity index (χ0v) is 17.7. The molecule has 2 aromatic heterocycles. The molecule has 0 N–H and O–H groups in total. The molecule has 0 bridgehead atoms. The number of benzene rings is 3. The Morgan fingerprint density at radius 1 is 0.867 bits per heavy atom. The van der Waals surface area contributed by atoms with Crippen molar-refractivity contribution in [2.45, 2.75) is 6.92 Å². The van der Waals surface area contributed by atoms with Crippen LogP contribution in [0.5, 0.6) is 0 Å². The summed E-state index contributed by atoms with van der Waals surface area (Å²) in [4.78, 5) is 18.5. The fourth-order valence-corrected chi connectivity index (χ4v) is 3.77. The average Bonchev–Trinajstić information content (AvgIpc) is 3.20. The highest BCUT2D eigenvalue weighted by Gasteiger charge is 2.18. The molecule has 5 aromatic rings. The van der Waals surface area contributed by atoms with Gasteiger partial charge in [0.05, 0.1) is 11.4 Å². The van der Waals surface area contributed by atoms with Gasteiger partial charge in [-0.3, -0.25) is 9.36 Å². The molecule has 0 saturated heterocycles. The maximum absolute atomic E-state index is 13.6. The van der Waals surface area contributed by atoms with Crippen LogP contribution >= 0.6 is 15.9 Å². The van der Waals surface area contributed by atoms with Crippen molar-refractivity contribution in [1.82, 2.24) is 19.3 Å². The van der Waals surface area contributed by atoms with E-state index in [2.05, 4.69) is 21.0 Å². The van der Waals surface area contributed by atoms with Crippen LogP contribution in [0, 0.1) is 6.92 Å². The van der Waals surface area contributed by atoms with Gasteiger partial charge < -0.3 is 0 Å². The molecule has 0 aliphatic rings. The maximum atomic E-state index is 13.6. The first-order chi connectivity index (χ1) is 14.6. The molecule has 0 fully saturated rings. The summed E-state index contributed by atoms with van der Waals surface area (Å²) in [5.41, 5.74) is 3.80. The van der Waals surface area contributed by atoms with E-state index in [-0.39, 0.29) is 5.56 Å². The Bertz CT molecular complexity index is 1420. The zero-order valence-electron chi connectivity index (χ0n) is 16.2. The number of halogens is 1. The summed E-state index contributed by atoms with van der Waals surface area (Å²) in [6.07, 6.45) is 1.75. The lowest BCUT2D eigenvalue weighted by molar-refractivity contribution is 0.887. The summed E-state index contributed by atoms with van der Waals surface area (Å²) in [5.74, 6) is 0.563. The molecule has 0 amide bonds. The van der Waals surface area contributed by atoms with E-state index in [1.807, 2.05) is 85.8 Å². The van der Waals surface area contributed by atoms with E-state index in [0.717, 1.165) is 27.0 Å². The second-order valence-corrected chi connectivity index (χ2v) is 7.93. The molecule has 0 unspecified atom stereocenters. The van der Waals surface area contributed by atoms with Crippen molar-refractivity contribution in [2.75, 3.05) is 0 Å². The van der Waals surface area contributed by atoms with Crippen molar-refractivity contribution in [3.8, 4) is 22.8 Å². The second-order valence-electron chi connectivity index (χ2n) is 7.02. The number of nitrogens with zero attached hydrogens (tertiary/aromatic N) is 4. The highest BCUT2D eigenvalue weighted by atomic mass is 79.9. The quantitative estimate of drug-likeness (QED) is 0.369. The number of para-hydroxylation sites is 2. The number of rotatable bonds is 3. The van der Waals surface area contributed by atoms with Gasteiger partial charge in [0.25, 0.3) is 5.56 Å². The van der Waals surface area contributed by atoms with Crippen LogP contribution < -0.4 is 5.56 Å². The molecular weight excluding hydrogens is 440 g/mol. The summed E-state index contributed by atoms with van der Waals surface area (Å²) in [6, 6.07) is 25.3. The standard InChI is InChI=1S/C24H17BrN4O/c1-16-7-5-6-10-21(16)29-23(17-11-13-18(25)14-12-17)26-22-20(24(29)30)15-28(27-22)19-8-3-2-4-9-19/h2-15H,1H3. The monoisotopic (exact) mass is 456 g/mol. The third-order valence-electron chi connectivity index (χ3n) is 5.03. The summed E-state index contributed by atoms with van der Waals surface area (Å²) in [7, 11) is 0. The van der Waals surface area contributed by atoms with E-state index < -0.39 is 0 Å². The molecule has 5 nitrogen and oxygen atoms in total. The average molecular weight is 457 g/mol. The largest absolute Gasteiger partial charge is 0.269 e. The molecule has 6 heteroatoms. The van der Waals surface area contributed by atoms with Crippen LogP contribution in [0.1, 0.15) is 5.56 Å².